The predicted octanol–water partition coefficient (Wildman–Crippen LogP) is 5.51. The molecule has 3 rings (SSSR count). The molecule has 5 nitrogen and oxygen atoms in total. The van der Waals surface area contributed by atoms with Crippen molar-refractivity contribution in [2.45, 2.75) is 38.0 Å². The number of rotatable bonds is 3. The van der Waals surface area contributed by atoms with Crippen LogP contribution in [0.15, 0.2) is 34.8 Å². The van der Waals surface area contributed by atoms with Gasteiger partial charge in [0.1, 0.15) is 11.5 Å². The maximum atomic E-state index is 14.9. The van der Waals surface area contributed by atoms with Gasteiger partial charge in [-0.25, -0.2) is 9.24 Å². The van der Waals surface area contributed by atoms with E-state index in [-0.39, 0.29) is 5.52 Å². The normalized spacial score (nSPS) is 17.5. The highest BCUT2D eigenvalue weighted by molar-refractivity contribution is 5.82. The molecule has 0 aliphatic carbocycles. The molecule has 1 aromatic heterocycles. The Hall–Kier alpha value is -3.54. The lowest BCUT2D eigenvalue weighted by Gasteiger charge is -2.30. The van der Waals surface area contributed by atoms with Gasteiger partial charge in [-0.3, -0.25) is 5.10 Å². The third-order valence-electron chi connectivity index (χ3n) is 4.77. The number of nitrogens with one attached hydrogen (secondary N) is 2. The van der Waals surface area contributed by atoms with Crippen LogP contribution in [0, 0.1) is 30.6 Å². The second kappa shape index (κ2) is 7.61. The minimum absolute atomic E-state index is 0.164. The summed E-state index contributed by atoms with van der Waals surface area (Å²) in [6, 6.07) is 3.43. The molecule has 0 fully saturated rings. The molecule has 1 unspecified atom stereocenters. The van der Waals surface area contributed by atoms with Gasteiger partial charge in [-0.1, -0.05) is 0 Å². The van der Waals surface area contributed by atoms with Crippen LogP contribution in [0.5, 0.6) is 0 Å². The highest BCUT2D eigenvalue weighted by Crippen LogP contribution is 2.45. The minimum atomic E-state index is -5.15. The molecule has 1 aliphatic rings. The number of nitrogens with zero attached hydrogens (tertiary/aromatic N) is 3. The van der Waals surface area contributed by atoms with Crippen LogP contribution >= 0.6 is 0 Å². The second-order valence-electron chi connectivity index (χ2n) is 6.79. The quantitative estimate of drug-likeness (QED) is 0.486. The van der Waals surface area contributed by atoms with Gasteiger partial charge in [-0.05, 0) is 25.0 Å². The van der Waals surface area contributed by atoms with Crippen molar-refractivity contribution in [3.63, 3.8) is 0 Å². The first-order valence-electron chi connectivity index (χ1n) is 8.67. The first-order chi connectivity index (χ1) is 14.4. The van der Waals surface area contributed by atoms with E-state index >= 15 is 0 Å². The maximum absolute atomic E-state index is 14.9. The molecule has 2 aromatic rings. The molecule has 2 N–H and O–H groups in total. The van der Waals surface area contributed by atoms with Gasteiger partial charge in [0.15, 0.2) is 5.70 Å². The highest BCUT2D eigenvalue weighted by Gasteiger charge is 2.45. The van der Waals surface area contributed by atoms with E-state index in [4.69, 9.17) is 6.57 Å². The fourth-order valence-corrected chi connectivity index (χ4v) is 3.37. The number of allylic oxidation sites excluding steroid dienone is 3. The number of nitriles is 1. The fraction of sp³-hybridized carbons (Fsp3) is 0.316. The number of alkyl halides is 6. The van der Waals surface area contributed by atoms with Gasteiger partial charge in [0.2, 0.25) is 0 Å². The smallest absolute Gasteiger partial charge is 0.364 e. The summed E-state index contributed by atoms with van der Waals surface area (Å²) in [5.41, 5.74) is -3.71. The number of aromatic nitrogens is 2. The second-order valence-corrected chi connectivity index (χ2v) is 6.79. The first-order valence-corrected chi connectivity index (χ1v) is 8.67. The first kappa shape index (κ1) is 22.2. The van der Waals surface area contributed by atoms with Crippen LogP contribution in [-0.2, 0) is 0 Å². The Morgan fingerprint density at radius 3 is 2.45 bits per heavy atom. The lowest BCUT2D eigenvalue weighted by molar-refractivity contribution is -0.134. The molecule has 31 heavy (non-hydrogen) atoms. The number of halogens is 7. The molecular formula is C19H12F7N5. The average molecular weight is 443 g/mol. The third kappa shape index (κ3) is 4.19. The van der Waals surface area contributed by atoms with Gasteiger partial charge in [0.05, 0.1) is 29.6 Å². The minimum Gasteiger partial charge on any atom is -0.364 e. The van der Waals surface area contributed by atoms with Crippen molar-refractivity contribution in [3.8, 4) is 6.07 Å². The van der Waals surface area contributed by atoms with Crippen molar-refractivity contribution < 1.29 is 30.7 Å². The SMILES string of the molecule is [C-]#[N+]C1=C(CCC(F)(F)F)NC(C(F)(F)F)=C(C#N)C1c1cc2c(C)[nH]nc2cc1F. The largest absolute Gasteiger partial charge is 0.432 e. The van der Waals surface area contributed by atoms with Crippen LogP contribution in [0.3, 0.4) is 0 Å². The molecule has 1 atom stereocenters. The Balaban J connectivity index is 2.29. The zero-order chi connectivity index (χ0) is 23.1. The number of fused-ring (bicyclic) bond motifs is 1. The summed E-state index contributed by atoms with van der Waals surface area (Å²) in [5.74, 6) is -2.88. The van der Waals surface area contributed by atoms with Crippen LogP contribution in [-0.4, -0.2) is 22.5 Å². The number of hydrogen-bond acceptors (Lipinski definition) is 3. The molecule has 2 heterocycles. The molecule has 162 valence electrons. The fourth-order valence-electron chi connectivity index (χ4n) is 3.37. The zero-order valence-electron chi connectivity index (χ0n) is 15.6. The van der Waals surface area contributed by atoms with E-state index < -0.39 is 65.2 Å². The Bertz CT molecular complexity index is 1190. The number of hydrogen-bond donors (Lipinski definition) is 2. The molecular weight excluding hydrogens is 431 g/mol. The lowest BCUT2D eigenvalue weighted by Crippen LogP contribution is -2.34. The number of H-pyrrole nitrogens is 1. The van der Waals surface area contributed by atoms with Crippen molar-refractivity contribution in [1.29, 1.82) is 5.26 Å². The van der Waals surface area contributed by atoms with Crippen molar-refractivity contribution in [2.24, 2.45) is 0 Å². The van der Waals surface area contributed by atoms with Gasteiger partial charge >= 0.3 is 12.4 Å². The van der Waals surface area contributed by atoms with E-state index in [1.54, 1.807) is 12.2 Å². The van der Waals surface area contributed by atoms with E-state index in [9.17, 15) is 36.0 Å². The molecule has 0 saturated heterocycles. The number of aryl methyl sites for hydroxylation is 1. The summed E-state index contributed by atoms with van der Waals surface area (Å²) in [7, 11) is 0. The predicted molar refractivity (Wildman–Crippen MR) is 94.3 cm³/mol. The van der Waals surface area contributed by atoms with Crippen molar-refractivity contribution in [3.05, 3.63) is 63.3 Å². The summed E-state index contributed by atoms with van der Waals surface area (Å²) in [6.07, 6.45) is -12.3. The molecule has 0 saturated carbocycles. The Kier molecular flexibility index (Phi) is 5.44. The standard InChI is InChI=1S/C19H12F7N5/c1-8-9-5-10(12(20)6-14(9)31-30-8)15-11(7-27)17(19(24,25)26)29-13(16(15)28-2)3-4-18(21,22)23/h5-6,15,29H,3-4H2,1H3,(H,30,31). The summed E-state index contributed by atoms with van der Waals surface area (Å²) in [6.45, 7) is 8.94. The highest BCUT2D eigenvalue weighted by atomic mass is 19.4. The van der Waals surface area contributed by atoms with Crippen LogP contribution < -0.4 is 5.32 Å². The van der Waals surface area contributed by atoms with Crippen LogP contribution in [0.2, 0.25) is 0 Å². The van der Waals surface area contributed by atoms with Gasteiger partial charge in [-0.2, -0.15) is 36.7 Å². The molecule has 12 heteroatoms. The van der Waals surface area contributed by atoms with Crippen LogP contribution in [0.1, 0.15) is 30.0 Å². The lowest BCUT2D eigenvalue weighted by atomic mass is 9.82. The molecule has 1 aliphatic heterocycles. The molecule has 0 radical (unpaired) electrons. The van der Waals surface area contributed by atoms with E-state index in [1.165, 1.54) is 6.07 Å². The van der Waals surface area contributed by atoms with E-state index in [1.807, 2.05) is 0 Å². The summed E-state index contributed by atoms with van der Waals surface area (Å²) in [5, 5.41) is 18.0. The van der Waals surface area contributed by atoms with E-state index in [0.29, 0.717) is 11.1 Å². The van der Waals surface area contributed by atoms with Crippen LogP contribution in [0.4, 0.5) is 30.7 Å². The van der Waals surface area contributed by atoms with Gasteiger partial charge in [0.25, 0.3) is 0 Å². The molecule has 0 amide bonds. The Morgan fingerprint density at radius 2 is 1.90 bits per heavy atom. The number of benzene rings is 1. The summed E-state index contributed by atoms with van der Waals surface area (Å²) < 4.78 is 93.8. The van der Waals surface area contributed by atoms with E-state index in [0.717, 1.165) is 12.1 Å². The summed E-state index contributed by atoms with van der Waals surface area (Å²) in [4.78, 5) is 3.09. The number of aromatic amines is 1. The molecule has 1 aromatic carbocycles. The van der Waals surface area contributed by atoms with Crippen molar-refractivity contribution >= 4 is 10.9 Å². The third-order valence-corrected chi connectivity index (χ3v) is 4.77. The topological polar surface area (TPSA) is 68.9 Å². The average Bonchev–Trinajstić information content (AvgIpc) is 3.02. The molecule has 0 spiro atoms. The monoisotopic (exact) mass is 443 g/mol. The van der Waals surface area contributed by atoms with Gasteiger partial charge < -0.3 is 5.32 Å². The van der Waals surface area contributed by atoms with E-state index in [2.05, 4.69) is 15.0 Å². The number of dihydropyridines is 1. The maximum Gasteiger partial charge on any atom is 0.432 e. The Morgan fingerprint density at radius 1 is 1.23 bits per heavy atom. The van der Waals surface area contributed by atoms with Gasteiger partial charge in [0, 0.05) is 29.3 Å². The van der Waals surface area contributed by atoms with Gasteiger partial charge in [-0.15, -0.1) is 0 Å². The van der Waals surface area contributed by atoms with Crippen LogP contribution in [0.25, 0.3) is 15.7 Å². The zero-order valence-corrected chi connectivity index (χ0v) is 15.6. The molecule has 0 bridgehead atoms. The van der Waals surface area contributed by atoms with Crippen molar-refractivity contribution in [1.82, 2.24) is 15.5 Å². The van der Waals surface area contributed by atoms with Crippen molar-refractivity contribution in [2.75, 3.05) is 0 Å². The Labute approximate surface area is 170 Å². The summed E-state index contributed by atoms with van der Waals surface area (Å²) >= 11 is 0.